The number of aliphatic carboxylic acids is 1. The lowest BCUT2D eigenvalue weighted by Crippen LogP contribution is -2.63. The van der Waals surface area contributed by atoms with Gasteiger partial charge in [-0.15, -0.1) is 0 Å². The Morgan fingerprint density at radius 2 is 1.68 bits per heavy atom. The van der Waals surface area contributed by atoms with Gasteiger partial charge in [-0.05, 0) is 121 Å². The van der Waals surface area contributed by atoms with E-state index in [4.69, 9.17) is 24.7 Å². The lowest BCUT2D eigenvalue weighted by Gasteiger charge is -2.53. The lowest BCUT2D eigenvalue weighted by molar-refractivity contribution is -0.201. The van der Waals surface area contributed by atoms with Crippen molar-refractivity contribution < 1.29 is 49.3 Å². The zero-order chi connectivity index (χ0) is 37.9. The number of aliphatic hydroxyl groups excluding tert-OH is 4. The third-order valence-corrected chi connectivity index (χ3v) is 14.5. The van der Waals surface area contributed by atoms with Crippen LogP contribution < -0.4 is 16.4 Å². The van der Waals surface area contributed by atoms with Gasteiger partial charge in [0.15, 0.2) is 0 Å². The second kappa shape index (κ2) is 18.4. The van der Waals surface area contributed by atoms with Gasteiger partial charge in [-0.2, -0.15) is 0 Å². The number of rotatable bonds is 13. The van der Waals surface area contributed by atoms with Crippen molar-refractivity contribution in [2.75, 3.05) is 34.0 Å². The van der Waals surface area contributed by atoms with Gasteiger partial charge in [0.05, 0.1) is 61.4 Å². The summed E-state index contributed by atoms with van der Waals surface area (Å²) in [4.78, 5) is 12.9. The van der Waals surface area contributed by atoms with Crippen molar-refractivity contribution in [1.82, 2.24) is 10.6 Å². The second-order valence-electron chi connectivity index (χ2n) is 17.5. The molecule has 1 spiro atoms. The van der Waals surface area contributed by atoms with E-state index >= 15 is 0 Å². The molecule has 0 aromatic heterocycles. The Morgan fingerprint density at radius 3 is 2.40 bits per heavy atom. The minimum atomic E-state index is -0.889. The van der Waals surface area contributed by atoms with Crippen LogP contribution in [-0.4, -0.2) is 133 Å². The van der Waals surface area contributed by atoms with E-state index in [1.165, 1.54) is 0 Å². The van der Waals surface area contributed by atoms with Gasteiger partial charge >= 0.3 is 5.97 Å². The van der Waals surface area contributed by atoms with Crippen LogP contribution >= 0.6 is 0 Å². The zero-order valence-electron chi connectivity index (χ0n) is 32.1. The molecule has 9 N–H and O–H groups in total. The molecule has 0 bridgehead atoms. The van der Waals surface area contributed by atoms with Gasteiger partial charge in [-0.3, -0.25) is 4.79 Å². The number of carbonyl (C=O) groups is 1. The summed E-state index contributed by atoms with van der Waals surface area (Å²) in [7, 11) is 3.25. The van der Waals surface area contributed by atoms with Crippen molar-refractivity contribution in [3.05, 3.63) is 12.2 Å². The number of nitrogens with two attached hydrogens (primary N) is 1. The van der Waals surface area contributed by atoms with Crippen molar-refractivity contribution in [1.29, 1.82) is 0 Å². The highest BCUT2D eigenvalue weighted by Crippen LogP contribution is 2.56. The molecule has 6 aliphatic rings. The van der Waals surface area contributed by atoms with Crippen molar-refractivity contribution in [2.24, 2.45) is 46.7 Å². The molecule has 3 heterocycles. The molecular weight excluding hydrogens is 682 g/mol. The molecule has 6 rings (SSSR count). The number of aliphatic hydroxyl groups is 4. The van der Waals surface area contributed by atoms with Crippen molar-refractivity contribution in [3.63, 3.8) is 0 Å². The third kappa shape index (κ3) is 9.01. The van der Waals surface area contributed by atoms with Gasteiger partial charge in [0.1, 0.15) is 6.10 Å². The largest absolute Gasteiger partial charge is 0.481 e. The highest BCUT2D eigenvalue weighted by molar-refractivity contribution is 5.74. The molecule has 0 radical (unpaired) electrons. The summed E-state index contributed by atoms with van der Waals surface area (Å²) in [6.45, 7) is 3.12. The summed E-state index contributed by atoms with van der Waals surface area (Å²) in [5.74, 6) is -1.13. The average Bonchev–Trinajstić information content (AvgIpc) is 3.53. The molecule has 3 saturated heterocycles. The fourth-order valence-corrected chi connectivity index (χ4v) is 11.6. The Hall–Kier alpha value is -1.23. The number of hydrogen-bond acceptors (Lipinski definition) is 12. The first-order valence-corrected chi connectivity index (χ1v) is 20.6. The Morgan fingerprint density at radius 1 is 0.906 bits per heavy atom. The standard InChI is InChI=1S/C40H69N3O10/c1-22-10-13-40(28(7-8-29(40)39(48)49)24-11-14-42-36(41)19-24)35(43-22)21-52-34-18-25(17-33(51-3)37(34)47)38-27(12-15-44)31(46)20-26(53-38)6-4-23-5-9-30(45)32(16-23)50-2/h7-8,22-38,42-47H,4-6,9-21,41H2,1-3H3,(H,48,49)/t22-,23?,24?,25?,26-,27-,28-,29-,30?,31-,32?,33?,34?,35+,36?,37?,38-,40+/m0/s1. The van der Waals surface area contributed by atoms with Gasteiger partial charge in [-0.25, -0.2) is 0 Å². The van der Waals surface area contributed by atoms with E-state index in [9.17, 15) is 30.3 Å². The van der Waals surface area contributed by atoms with Crippen molar-refractivity contribution >= 4 is 5.97 Å². The second-order valence-corrected chi connectivity index (χ2v) is 17.5. The Balaban J connectivity index is 1.18. The average molecular weight is 752 g/mol. The minimum Gasteiger partial charge on any atom is -0.481 e. The van der Waals surface area contributed by atoms with Crippen LogP contribution in [0.2, 0.25) is 0 Å². The number of carboxylic acid groups (broad SMARTS) is 1. The topological polar surface area (TPSA) is 205 Å². The van der Waals surface area contributed by atoms with Gasteiger partial charge < -0.3 is 60.8 Å². The number of ether oxygens (including phenoxy) is 4. The maximum atomic E-state index is 12.9. The van der Waals surface area contributed by atoms with Crippen LogP contribution in [0, 0.1) is 40.9 Å². The van der Waals surface area contributed by atoms with E-state index in [1.54, 1.807) is 14.2 Å². The third-order valence-electron chi connectivity index (χ3n) is 14.5. The molecule has 13 heteroatoms. The monoisotopic (exact) mass is 751 g/mol. The summed E-state index contributed by atoms with van der Waals surface area (Å²) in [6, 6.07) is -0.0757. The fourth-order valence-electron chi connectivity index (χ4n) is 11.6. The van der Waals surface area contributed by atoms with Gasteiger partial charge in [-0.1, -0.05) is 12.2 Å². The smallest absolute Gasteiger partial charge is 0.311 e. The number of carboxylic acids is 1. The fraction of sp³-hybridized carbons (Fsp3) is 0.925. The van der Waals surface area contributed by atoms with Crippen LogP contribution in [0.3, 0.4) is 0 Å². The Kier molecular flexibility index (Phi) is 14.3. The van der Waals surface area contributed by atoms with Crippen LogP contribution in [0.15, 0.2) is 12.2 Å². The first-order chi connectivity index (χ1) is 25.5. The first-order valence-electron chi connectivity index (χ1n) is 20.6. The molecule has 3 aliphatic carbocycles. The SMILES string of the molecule is COC1CC(CC[C@H]2C[C@H](O)[C@H](CCO)[C@H](C3CC(OC)C(O)C(OC[C@H]4N[C@@H](C)CC[C@@]45[C@H](C(=O)O)C=C[C@H]5C4CCNC(N)C4)C3)O2)CCC1O. The molecule has 9 unspecified atom stereocenters. The molecule has 18 atom stereocenters. The molecule has 0 amide bonds. The quantitative estimate of drug-likeness (QED) is 0.127. The van der Waals surface area contributed by atoms with E-state index in [0.717, 1.165) is 64.3 Å². The predicted molar refractivity (Wildman–Crippen MR) is 198 cm³/mol. The van der Waals surface area contributed by atoms with Crippen molar-refractivity contribution in [3.8, 4) is 0 Å². The number of nitrogens with one attached hydrogen (secondary N) is 2. The highest BCUT2D eigenvalue weighted by Gasteiger charge is 2.59. The van der Waals surface area contributed by atoms with E-state index in [2.05, 4.69) is 23.6 Å². The Labute approximate surface area is 315 Å². The molecule has 53 heavy (non-hydrogen) atoms. The molecule has 304 valence electrons. The zero-order valence-corrected chi connectivity index (χ0v) is 32.1. The molecule has 3 aliphatic heterocycles. The van der Waals surface area contributed by atoms with Gasteiger partial charge in [0.25, 0.3) is 0 Å². The number of allylic oxidation sites excluding steroid dienone is 1. The van der Waals surface area contributed by atoms with E-state index in [-0.39, 0.29) is 73.4 Å². The number of methoxy groups -OCH3 is 2. The maximum Gasteiger partial charge on any atom is 0.311 e. The van der Waals surface area contributed by atoms with Crippen LogP contribution in [-0.2, 0) is 23.7 Å². The van der Waals surface area contributed by atoms with Crippen LogP contribution in [0.5, 0.6) is 0 Å². The van der Waals surface area contributed by atoms with Crippen LogP contribution in [0.1, 0.15) is 90.4 Å². The van der Waals surface area contributed by atoms with Crippen molar-refractivity contribution in [2.45, 2.75) is 157 Å². The summed E-state index contributed by atoms with van der Waals surface area (Å²) in [5, 5.41) is 61.1. The summed E-state index contributed by atoms with van der Waals surface area (Å²) >= 11 is 0. The first kappa shape index (κ1) is 41.4. The van der Waals surface area contributed by atoms with E-state index < -0.39 is 47.8 Å². The van der Waals surface area contributed by atoms with Gasteiger partial charge in [0, 0.05) is 44.2 Å². The summed E-state index contributed by atoms with van der Waals surface area (Å²) < 4.78 is 25.0. The van der Waals surface area contributed by atoms with Gasteiger partial charge in [0.2, 0.25) is 0 Å². The molecule has 0 aromatic carbocycles. The molecule has 5 fully saturated rings. The number of hydrogen-bond donors (Lipinski definition) is 8. The minimum absolute atomic E-state index is 0.0356. The van der Waals surface area contributed by atoms with E-state index in [0.29, 0.717) is 31.6 Å². The lowest BCUT2D eigenvalue weighted by atomic mass is 9.57. The maximum absolute atomic E-state index is 12.9. The molecule has 2 saturated carbocycles. The highest BCUT2D eigenvalue weighted by atomic mass is 16.5. The number of piperidine rings is 2. The van der Waals surface area contributed by atoms with E-state index in [1.807, 2.05) is 6.08 Å². The Bertz CT molecular complexity index is 1210. The predicted octanol–water partition coefficient (Wildman–Crippen LogP) is 1.93. The molecular formula is C40H69N3O10. The normalized spacial score (nSPS) is 47.9. The summed E-state index contributed by atoms with van der Waals surface area (Å²) in [5.41, 5.74) is 5.77. The van der Waals surface area contributed by atoms with Crippen LogP contribution in [0.25, 0.3) is 0 Å². The summed E-state index contributed by atoms with van der Waals surface area (Å²) in [6.07, 6.45) is 9.65. The van der Waals surface area contributed by atoms with Crippen LogP contribution in [0.4, 0.5) is 0 Å². The molecule has 13 nitrogen and oxygen atoms in total. The molecule has 0 aromatic rings.